The Balaban J connectivity index is 0.000000278. The number of hydrogen-bond acceptors (Lipinski definition) is 13. The maximum Gasteiger partial charge on any atom is 0.316 e. The van der Waals surface area contributed by atoms with E-state index in [1.807, 2.05) is 97.6 Å². The van der Waals surface area contributed by atoms with Gasteiger partial charge in [-0.2, -0.15) is 23.9 Å². The quantitative estimate of drug-likeness (QED) is 0.129. The zero-order valence-electron chi connectivity index (χ0n) is 34.2. The van der Waals surface area contributed by atoms with E-state index in [0.717, 1.165) is 37.4 Å². The summed E-state index contributed by atoms with van der Waals surface area (Å²) >= 11 is 0. The van der Waals surface area contributed by atoms with Gasteiger partial charge in [0.05, 0.1) is 42.7 Å². The molecule has 0 bridgehead atoms. The second kappa shape index (κ2) is 24.8. The van der Waals surface area contributed by atoms with Crippen molar-refractivity contribution in [1.29, 1.82) is 0 Å². The minimum atomic E-state index is -3.45. The van der Waals surface area contributed by atoms with Crippen LogP contribution >= 0.6 is 0 Å². The number of ether oxygens (including phenoxy) is 4. The topological polar surface area (TPSA) is 163 Å². The van der Waals surface area contributed by atoms with E-state index in [4.69, 9.17) is 18.9 Å². The summed E-state index contributed by atoms with van der Waals surface area (Å²) in [5, 5.41) is 12.0. The Morgan fingerprint density at radius 3 is 1.44 bits per heavy atom. The molecule has 3 aromatic carbocycles. The lowest BCUT2D eigenvalue weighted by Gasteiger charge is -2.35. The Labute approximate surface area is 365 Å². The zero-order chi connectivity index (χ0) is 42.2. The molecule has 1 N–H and O–H groups in total. The predicted molar refractivity (Wildman–Crippen MR) is 245 cm³/mol. The Bertz CT molecular complexity index is 2300. The summed E-state index contributed by atoms with van der Waals surface area (Å²) in [5.41, 5.74) is 2.79. The average molecular weight is 875 g/mol. The molecule has 2 aliphatic rings. The molecule has 0 radical (unpaired) electrons. The van der Waals surface area contributed by atoms with Crippen LogP contribution in [0.5, 0.6) is 11.5 Å². The zero-order valence-corrected chi connectivity index (χ0v) is 35.0. The molecule has 0 amide bonds. The highest BCUT2D eigenvalue weighted by molar-refractivity contribution is 7.88. The number of hydrogen-bond donors (Lipinski definition) is 1. The van der Waals surface area contributed by atoms with Crippen molar-refractivity contribution in [2.75, 3.05) is 102 Å². The van der Waals surface area contributed by atoms with Gasteiger partial charge >= 0.3 is 11.1 Å². The maximum atomic E-state index is 13.3. The van der Waals surface area contributed by atoms with E-state index in [1.54, 1.807) is 24.5 Å². The number of nitrogens with zero attached hydrogens (tertiary/aromatic N) is 7. The van der Waals surface area contributed by atoms with Gasteiger partial charge in [0.25, 0.3) is 0 Å². The van der Waals surface area contributed by atoms with Gasteiger partial charge < -0.3 is 34.1 Å². The van der Waals surface area contributed by atoms with Crippen molar-refractivity contribution in [3.05, 3.63) is 130 Å². The molecule has 4 heterocycles. The number of para-hydroxylation sites is 2. The molecule has 16 nitrogen and oxygen atoms in total. The summed E-state index contributed by atoms with van der Waals surface area (Å²) in [5.74, 6) is 0.485. The second-order valence-corrected chi connectivity index (χ2v) is 15.7. The van der Waals surface area contributed by atoms with Gasteiger partial charge in [-0.3, -0.25) is 9.59 Å². The normalized spacial score (nSPS) is 14.2. The lowest BCUT2D eigenvalue weighted by atomic mass is 10.2. The number of benzene rings is 3. The van der Waals surface area contributed by atoms with Crippen molar-refractivity contribution in [3.8, 4) is 22.9 Å². The number of aromatic nitrogens is 4. The van der Waals surface area contributed by atoms with Crippen LogP contribution in [0.15, 0.2) is 113 Å². The Kier molecular flexibility index (Phi) is 19.6. The number of rotatable bonds is 17. The van der Waals surface area contributed by atoms with E-state index >= 15 is 0 Å². The summed E-state index contributed by atoms with van der Waals surface area (Å²) in [6, 6.07) is 27.7. The fourth-order valence-corrected chi connectivity index (χ4v) is 8.29. The minimum Gasteiger partial charge on any atom is -0.484 e. The molecular formula is C45H62N8O8S. The average Bonchev–Trinajstić information content (AvgIpc) is 3.29. The van der Waals surface area contributed by atoms with Crippen molar-refractivity contribution in [2.24, 2.45) is 0 Å². The van der Waals surface area contributed by atoms with Gasteiger partial charge in [0.2, 0.25) is 21.5 Å². The highest BCUT2D eigenvalue weighted by Gasteiger charge is 2.30. The van der Waals surface area contributed by atoms with Crippen molar-refractivity contribution >= 4 is 21.4 Å². The van der Waals surface area contributed by atoms with Crippen molar-refractivity contribution in [1.82, 2.24) is 29.2 Å². The van der Waals surface area contributed by atoms with Gasteiger partial charge in [0, 0.05) is 65.6 Å². The van der Waals surface area contributed by atoms with Crippen LogP contribution in [0.2, 0.25) is 0 Å². The van der Waals surface area contributed by atoms with Gasteiger partial charge in [-0.15, -0.1) is 0 Å². The van der Waals surface area contributed by atoms with E-state index in [-0.39, 0.29) is 44.1 Å². The highest BCUT2D eigenvalue weighted by Crippen LogP contribution is 2.27. The molecule has 0 aliphatic carbocycles. The van der Waals surface area contributed by atoms with Crippen molar-refractivity contribution in [3.63, 3.8) is 0 Å². The predicted octanol–water partition coefficient (Wildman–Crippen LogP) is 4.63. The molecule has 17 heteroatoms. The van der Waals surface area contributed by atoms with Crippen LogP contribution in [0.1, 0.15) is 34.3 Å². The number of nitrogens with one attached hydrogen (secondary N) is 1. The lowest BCUT2D eigenvalue weighted by Crippen LogP contribution is -2.49. The molecule has 2 aliphatic heterocycles. The maximum absolute atomic E-state index is 13.3. The summed E-state index contributed by atoms with van der Waals surface area (Å²) in [7, 11) is -3.45. The monoisotopic (exact) mass is 874 g/mol. The van der Waals surface area contributed by atoms with Crippen LogP contribution in [0, 0.1) is 0 Å². The van der Waals surface area contributed by atoms with Gasteiger partial charge in [-0.25, -0.2) is 8.42 Å². The minimum absolute atomic E-state index is 0. The molecule has 0 unspecified atom stereocenters. The third-order valence-electron chi connectivity index (χ3n) is 9.81. The molecule has 2 saturated heterocycles. The van der Waals surface area contributed by atoms with E-state index in [9.17, 15) is 18.0 Å². The fraction of sp³-hybridized carbons (Fsp3) is 0.422. The summed E-state index contributed by atoms with van der Waals surface area (Å²) in [6.45, 7) is 11.2. The SMILES string of the molecule is C.C.CCOCCOc1c(N2CCN(S(=O)(=O)Cc3ccccc3)CC2)cnn(-c2ccccc2)c1=O.CCOCCOc1c(N2CCNCC2)cnn(-c2ccccc2)c1=O. The van der Waals surface area contributed by atoms with E-state index in [2.05, 4.69) is 20.4 Å². The van der Waals surface area contributed by atoms with Crippen LogP contribution in [-0.2, 0) is 25.2 Å². The first-order valence-electron chi connectivity index (χ1n) is 20.3. The molecule has 7 rings (SSSR count). The van der Waals surface area contributed by atoms with Gasteiger partial charge in [-0.05, 0) is 43.7 Å². The van der Waals surface area contributed by atoms with Crippen molar-refractivity contribution in [2.45, 2.75) is 34.5 Å². The smallest absolute Gasteiger partial charge is 0.316 e. The molecule has 0 saturated carbocycles. The van der Waals surface area contributed by atoms with E-state index < -0.39 is 10.0 Å². The molecule has 0 atom stereocenters. The van der Waals surface area contributed by atoms with E-state index in [1.165, 1.54) is 13.7 Å². The third kappa shape index (κ3) is 13.0. The molecular weight excluding hydrogens is 813 g/mol. The first-order valence-corrected chi connectivity index (χ1v) is 21.9. The molecule has 2 aromatic heterocycles. The van der Waals surface area contributed by atoms with E-state index in [0.29, 0.717) is 82.0 Å². The van der Waals surface area contributed by atoms with Crippen LogP contribution in [0.3, 0.4) is 0 Å². The van der Waals surface area contributed by atoms with Crippen molar-refractivity contribution < 1.29 is 27.4 Å². The third-order valence-corrected chi connectivity index (χ3v) is 11.7. The number of anilines is 2. The largest absolute Gasteiger partial charge is 0.484 e. The molecule has 62 heavy (non-hydrogen) atoms. The van der Waals surface area contributed by atoms with Crippen LogP contribution in [0.4, 0.5) is 11.4 Å². The first-order chi connectivity index (χ1) is 29.3. The summed E-state index contributed by atoms with van der Waals surface area (Å²) in [6.07, 6.45) is 3.33. The molecule has 2 fully saturated rings. The van der Waals surface area contributed by atoms with Gasteiger partial charge in [-0.1, -0.05) is 81.6 Å². The van der Waals surface area contributed by atoms with Crippen LogP contribution in [-0.4, -0.2) is 124 Å². The van der Waals surface area contributed by atoms with Crippen LogP contribution in [0.25, 0.3) is 11.4 Å². The van der Waals surface area contributed by atoms with Gasteiger partial charge in [0.15, 0.2) is 0 Å². The fourth-order valence-electron chi connectivity index (χ4n) is 6.77. The molecule has 336 valence electrons. The first kappa shape index (κ1) is 49.1. The molecule has 0 spiro atoms. The Morgan fingerprint density at radius 2 is 1.00 bits per heavy atom. The summed E-state index contributed by atoms with van der Waals surface area (Å²) in [4.78, 5) is 30.4. The van der Waals surface area contributed by atoms with Crippen LogP contribution < -0.4 is 35.7 Å². The number of piperazine rings is 2. The summed E-state index contributed by atoms with van der Waals surface area (Å²) < 4.78 is 52.4. The standard InChI is InChI=1S/C25H30N4O5S.C18H24N4O3.2CH4/c1-2-33-17-18-34-24-23(19-26-29(25(24)30)22-11-7-4-8-12-22)27-13-15-28(16-14-27)35(31,32)20-21-9-5-3-6-10-21;1-2-24-12-13-25-17-16(21-10-8-19-9-11-21)14-20-22(18(17)23)15-6-4-3-5-7-15;;/h3-12,19H,2,13-18,20H2,1H3;3-7,14,19H,2,8-13H2,1H3;2*1H4. The highest BCUT2D eigenvalue weighted by atomic mass is 32.2. The molecule has 5 aromatic rings. The number of sulfonamides is 1. The Hall–Kier alpha value is -5.59. The van der Waals surface area contributed by atoms with Gasteiger partial charge in [0.1, 0.15) is 24.6 Å². The second-order valence-electron chi connectivity index (χ2n) is 13.8. The Morgan fingerprint density at radius 1 is 0.581 bits per heavy atom. The lowest BCUT2D eigenvalue weighted by molar-refractivity contribution is 0.109.